The van der Waals surface area contributed by atoms with Gasteiger partial charge in [-0.1, -0.05) is 23.4 Å². The molecule has 2 N–H and O–H groups in total. The van der Waals surface area contributed by atoms with Crippen molar-refractivity contribution in [2.45, 2.75) is 25.9 Å². The van der Waals surface area contributed by atoms with Crippen molar-refractivity contribution in [3.8, 4) is 5.75 Å². The van der Waals surface area contributed by atoms with E-state index in [-0.39, 0.29) is 6.04 Å². The highest BCUT2D eigenvalue weighted by atomic mass is 16.5. The Hall–Kier alpha value is -1.88. The predicted octanol–water partition coefficient (Wildman–Crippen LogP) is 1.77. The van der Waals surface area contributed by atoms with E-state index in [4.69, 9.17) is 10.5 Å². The van der Waals surface area contributed by atoms with E-state index in [1.165, 1.54) is 0 Å². The average molecular weight is 246 g/mol. The van der Waals surface area contributed by atoms with Gasteiger partial charge in [0.2, 0.25) is 0 Å². The van der Waals surface area contributed by atoms with Crippen molar-refractivity contribution in [1.82, 2.24) is 15.0 Å². The summed E-state index contributed by atoms with van der Waals surface area (Å²) in [6.45, 7) is 3.34. The van der Waals surface area contributed by atoms with Gasteiger partial charge in [-0.05, 0) is 19.1 Å². The van der Waals surface area contributed by atoms with Crippen LogP contribution in [0, 0.1) is 0 Å². The van der Waals surface area contributed by atoms with Gasteiger partial charge in [0.05, 0.1) is 18.5 Å². The van der Waals surface area contributed by atoms with Crippen LogP contribution in [0.2, 0.25) is 0 Å². The highest BCUT2D eigenvalue weighted by Crippen LogP contribution is 2.09. The highest BCUT2D eigenvalue weighted by molar-refractivity contribution is 5.20. The molecule has 0 spiro atoms. The van der Waals surface area contributed by atoms with Gasteiger partial charge in [-0.3, -0.25) is 4.68 Å². The minimum absolute atomic E-state index is 0.0701. The van der Waals surface area contributed by atoms with Gasteiger partial charge in [0.15, 0.2) is 0 Å². The number of hydrogen-bond donors (Lipinski definition) is 1. The molecule has 18 heavy (non-hydrogen) atoms. The molecule has 1 aromatic carbocycles. The zero-order chi connectivity index (χ0) is 12.8. The molecule has 0 bridgehead atoms. The van der Waals surface area contributed by atoms with Gasteiger partial charge in [0, 0.05) is 19.0 Å². The van der Waals surface area contributed by atoms with Crippen molar-refractivity contribution < 1.29 is 4.74 Å². The molecule has 0 aliphatic rings. The van der Waals surface area contributed by atoms with E-state index in [1.807, 2.05) is 43.5 Å². The lowest BCUT2D eigenvalue weighted by Crippen LogP contribution is -2.06. The van der Waals surface area contributed by atoms with Crippen molar-refractivity contribution >= 4 is 0 Å². The van der Waals surface area contributed by atoms with E-state index >= 15 is 0 Å². The molecule has 0 aliphatic carbocycles. The van der Waals surface area contributed by atoms with Crippen molar-refractivity contribution in [3.63, 3.8) is 0 Å². The largest absolute Gasteiger partial charge is 0.494 e. The van der Waals surface area contributed by atoms with Gasteiger partial charge < -0.3 is 10.5 Å². The van der Waals surface area contributed by atoms with Gasteiger partial charge in [-0.15, -0.1) is 5.10 Å². The van der Waals surface area contributed by atoms with E-state index < -0.39 is 0 Å². The number of benzene rings is 1. The Labute approximate surface area is 107 Å². The fourth-order valence-electron chi connectivity index (χ4n) is 1.56. The lowest BCUT2D eigenvalue weighted by atomic mass is 10.3. The molecule has 2 aromatic rings. The standard InChI is InChI=1S/C13H18N4O/c1-11(14)13-10-17(16-15-13)8-5-9-18-12-6-3-2-4-7-12/h2-4,6-7,10-11H,5,8-9,14H2,1H3. The maximum absolute atomic E-state index is 5.72. The third kappa shape index (κ3) is 3.56. The maximum Gasteiger partial charge on any atom is 0.119 e. The fourth-order valence-corrected chi connectivity index (χ4v) is 1.56. The minimum Gasteiger partial charge on any atom is -0.494 e. The van der Waals surface area contributed by atoms with Crippen LogP contribution in [-0.2, 0) is 6.54 Å². The topological polar surface area (TPSA) is 66.0 Å². The highest BCUT2D eigenvalue weighted by Gasteiger charge is 2.04. The molecule has 1 aromatic heterocycles. The van der Waals surface area contributed by atoms with Crippen LogP contribution in [-0.4, -0.2) is 21.6 Å². The van der Waals surface area contributed by atoms with Gasteiger partial charge in [-0.25, -0.2) is 0 Å². The van der Waals surface area contributed by atoms with E-state index in [2.05, 4.69) is 10.3 Å². The van der Waals surface area contributed by atoms with Crippen molar-refractivity contribution in [2.75, 3.05) is 6.61 Å². The molecule has 1 atom stereocenters. The first-order valence-electron chi connectivity index (χ1n) is 6.09. The van der Waals surface area contributed by atoms with Crippen molar-refractivity contribution in [3.05, 3.63) is 42.2 Å². The van der Waals surface area contributed by atoms with Crippen LogP contribution in [0.1, 0.15) is 25.1 Å². The summed E-state index contributed by atoms with van der Waals surface area (Å²) >= 11 is 0. The van der Waals surface area contributed by atoms with E-state index in [1.54, 1.807) is 4.68 Å². The molecule has 5 heteroatoms. The Balaban J connectivity index is 1.72. The number of hydrogen-bond acceptors (Lipinski definition) is 4. The number of para-hydroxylation sites is 1. The summed E-state index contributed by atoms with van der Waals surface area (Å²) in [6.07, 6.45) is 2.77. The summed E-state index contributed by atoms with van der Waals surface area (Å²) < 4.78 is 7.39. The van der Waals surface area contributed by atoms with Crippen molar-refractivity contribution in [1.29, 1.82) is 0 Å². The van der Waals surface area contributed by atoms with E-state index in [0.717, 1.165) is 24.4 Å². The number of nitrogens with two attached hydrogens (primary N) is 1. The van der Waals surface area contributed by atoms with Crippen LogP contribution >= 0.6 is 0 Å². The first-order chi connectivity index (χ1) is 8.75. The molecule has 0 saturated carbocycles. The van der Waals surface area contributed by atoms with Crippen LogP contribution < -0.4 is 10.5 Å². The molecular weight excluding hydrogens is 228 g/mol. The Morgan fingerprint density at radius 3 is 2.78 bits per heavy atom. The fraction of sp³-hybridized carbons (Fsp3) is 0.385. The molecule has 0 radical (unpaired) electrons. The van der Waals surface area contributed by atoms with Gasteiger partial charge in [0.25, 0.3) is 0 Å². The quantitative estimate of drug-likeness (QED) is 0.789. The summed E-state index contributed by atoms with van der Waals surface area (Å²) in [4.78, 5) is 0. The Kier molecular flexibility index (Phi) is 4.30. The zero-order valence-electron chi connectivity index (χ0n) is 10.5. The molecule has 0 fully saturated rings. The Bertz CT molecular complexity index is 467. The molecule has 1 unspecified atom stereocenters. The summed E-state index contributed by atoms with van der Waals surface area (Å²) in [5.41, 5.74) is 6.54. The van der Waals surface area contributed by atoms with E-state index in [0.29, 0.717) is 6.61 Å². The number of ether oxygens (including phenoxy) is 1. The third-order valence-electron chi connectivity index (χ3n) is 2.57. The van der Waals surface area contributed by atoms with Gasteiger partial charge in [0.1, 0.15) is 5.75 Å². The van der Waals surface area contributed by atoms with Crippen LogP contribution in [0.15, 0.2) is 36.5 Å². The lowest BCUT2D eigenvalue weighted by Gasteiger charge is -2.05. The lowest BCUT2D eigenvalue weighted by molar-refractivity contribution is 0.298. The smallest absolute Gasteiger partial charge is 0.119 e. The summed E-state index contributed by atoms with van der Waals surface area (Å²) in [5, 5.41) is 8.01. The first-order valence-corrected chi connectivity index (χ1v) is 6.09. The molecule has 0 amide bonds. The molecule has 5 nitrogen and oxygen atoms in total. The summed E-state index contributed by atoms with van der Waals surface area (Å²) in [5.74, 6) is 0.896. The van der Waals surface area contributed by atoms with E-state index in [9.17, 15) is 0 Å². The molecule has 1 heterocycles. The monoisotopic (exact) mass is 246 g/mol. The first kappa shape index (κ1) is 12.6. The molecular formula is C13H18N4O. The minimum atomic E-state index is -0.0701. The molecule has 2 rings (SSSR count). The summed E-state index contributed by atoms with van der Waals surface area (Å²) in [7, 11) is 0. The zero-order valence-corrected chi connectivity index (χ0v) is 10.5. The van der Waals surface area contributed by atoms with Crippen LogP contribution in [0.25, 0.3) is 0 Å². The second-order valence-electron chi connectivity index (χ2n) is 4.21. The van der Waals surface area contributed by atoms with Crippen LogP contribution in [0.3, 0.4) is 0 Å². The molecule has 0 saturated heterocycles. The Morgan fingerprint density at radius 2 is 2.11 bits per heavy atom. The second-order valence-corrected chi connectivity index (χ2v) is 4.21. The average Bonchev–Trinajstić information content (AvgIpc) is 2.85. The number of rotatable bonds is 6. The van der Waals surface area contributed by atoms with Gasteiger partial charge in [-0.2, -0.15) is 0 Å². The normalized spacial score (nSPS) is 12.3. The second kappa shape index (κ2) is 6.16. The SMILES string of the molecule is CC(N)c1cn(CCCOc2ccccc2)nn1. The summed E-state index contributed by atoms with van der Waals surface area (Å²) in [6, 6.07) is 9.72. The molecule has 0 aliphatic heterocycles. The van der Waals surface area contributed by atoms with Gasteiger partial charge >= 0.3 is 0 Å². The van der Waals surface area contributed by atoms with Crippen LogP contribution in [0.5, 0.6) is 5.75 Å². The number of aromatic nitrogens is 3. The van der Waals surface area contributed by atoms with Crippen molar-refractivity contribution in [2.24, 2.45) is 5.73 Å². The predicted molar refractivity (Wildman–Crippen MR) is 69.2 cm³/mol. The number of nitrogens with zero attached hydrogens (tertiary/aromatic N) is 3. The molecule has 96 valence electrons. The van der Waals surface area contributed by atoms with Crippen LogP contribution in [0.4, 0.5) is 0 Å². The number of aryl methyl sites for hydroxylation is 1. The maximum atomic E-state index is 5.72. The Morgan fingerprint density at radius 1 is 1.33 bits per heavy atom. The third-order valence-corrected chi connectivity index (χ3v) is 2.57.